The Balaban J connectivity index is 1.99. The summed E-state index contributed by atoms with van der Waals surface area (Å²) in [7, 11) is 1.51. The van der Waals surface area contributed by atoms with E-state index in [0.717, 1.165) is 0 Å². The number of hydrogen-bond acceptors (Lipinski definition) is 4. The highest BCUT2D eigenvalue weighted by Crippen LogP contribution is 2.51. The lowest BCUT2D eigenvalue weighted by Gasteiger charge is -2.38. The molecule has 0 aliphatic carbocycles. The first-order chi connectivity index (χ1) is 15.4. The normalized spacial score (nSPS) is 14.5. The second-order valence-corrected chi connectivity index (χ2v) is 7.21. The zero-order valence-electron chi connectivity index (χ0n) is 17.6. The highest BCUT2D eigenvalue weighted by atomic mass is 19.4. The predicted molar refractivity (Wildman–Crippen MR) is 114 cm³/mol. The summed E-state index contributed by atoms with van der Waals surface area (Å²) in [5.74, 6) is -1.72. The fourth-order valence-electron chi connectivity index (χ4n) is 3.67. The smallest absolute Gasteiger partial charge is 0.399 e. The van der Waals surface area contributed by atoms with Crippen molar-refractivity contribution >= 4 is 0 Å². The Morgan fingerprint density at radius 3 is 1.91 bits per heavy atom. The summed E-state index contributed by atoms with van der Waals surface area (Å²) in [4.78, 5) is 0. The molecule has 32 heavy (non-hydrogen) atoms. The summed E-state index contributed by atoms with van der Waals surface area (Å²) in [6.45, 7) is 0.694. The lowest BCUT2D eigenvalue weighted by atomic mass is 9.72. The number of methoxy groups -OCH3 is 1. The fraction of sp³-hybridized carbons (Fsp3) is 0.280. The molecule has 0 aromatic heterocycles. The Labute approximate surface area is 185 Å². The van der Waals surface area contributed by atoms with Gasteiger partial charge < -0.3 is 19.3 Å². The maximum Gasteiger partial charge on any atom is 0.399 e. The van der Waals surface area contributed by atoms with Crippen molar-refractivity contribution in [3.8, 4) is 5.75 Å². The van der Waals surface area contributed by atoms with Crippen LogP contribution in [0.25, 0.3) is 0 Å². The maximum absolute atomic E-state index is 14.4. The van der Waals surface area contributed by atoms with Crippen LogP contribution in [0.5, 0.6) is 5.75 Å². The van der Waals surface area contributed by atoms with Crippen LogP contribution in [-0.4, -0.2) is 38.4 Å². The molecule has 0 saturated carbocycles. The van der Waals surface area contributed by atoms with Crippen LogP contribution in [0.4, 0.5) is 13.2 Å². The molecule has 3 rings (SSSR count). The molecule has 0 fully saturated rings. The van der Waals surface area contributed by atoms with E-state index in [4.69, 9.17) is 14.2 Å². The van der Waals surface area contributed by atoms with Crippen LogP contribution < -0.4 is 4.74 Å². The van der Waals surface area contributed by atoms with E-state index in [9.17, 15) is 18.3 Å². The van der Waals surface area contributed by atoms with Gasteiger partial charge in [0.2, 0.25) is 0 Å². The molecule has 2 atom stereocenters. The van der Waals surface area contributed by atoms with Crippen molar-refractivity contribution in [3.63, 3.8) is 0 Å². The largest absolute Gasteiger partial charge is 0.491 e. The summed E-state index contributed by atoms with van der Waals surface area (Å²) >= 11 is 0. The van der Waals surface area contributed by atoms with Crippen LogP contribution in [0.3, 0.4) is 0 Å². The average molecular weight is 446 g/mol. The number of halogens is 3. The lowest BCUT2D eigenvalue weighted by Crippen LogP contribution is -2.42. The molecule has 4 nitrogen and oxygen atoms in total. The maximum atomic E-state index is 14.4. The van der Waals surface area contributed by atoms with E-state index in [1.165, 1.54) is 67.8 Å². The van der Waals surface area contributed by atoms with Crippen molar-refractivity contribution < 1.29 is 32.5 Å². The molecule has 0 radical (unpaired) electrons. The van der Waals surface area contributed by atoms with Crippen LogP contribution in [0, 0.1) is 0 Å². The molecule has 0 saturated heterocycles. The molecule has 0 bridgehead atoms. The quantitative estimate of drug-likeness (QED) is 0.341. The molecule has 0 aliphatic rings. The summed E-state index contributed by atoms with van der Waals surface area (Å²) < 4.78 is 58.7. The third-order valence-corrected chi connectivity index (χ3v) is 5.08. The number of aliphatic hydroxyl groups is 1. The number of ether oxygens (including phenoxy) is 3. The molecule has 0 unspecified atom stereocenters. The minimum atomic E-state index is -4.71. The Kier molecular flexibility index (Phi) is 7.90. The van der Waals surface area contributed by atoms with Gasteiger partial charge in [0.1, 0.15) is 30.7 Å². The lowest BCUT2D eigenvalue weighted by molar-refractivity contribution is -0.190. The topological polar surface area (TPSA) is 47.9 Å². The summed E-state index contributed by atoms with van der Waals surface area (Å²) in [5.41, 5.74) is -2.12. The molecule has 1 N–H and O–H groups in total. The average Bonchev–Trinajstić information content (AvgIpc) is 2.80. The Hall–Kier alpha value is -2.87. The van der Waals surface area contributed by atoms with Crippen LogP contribution in [-0.2, 0) is 15.1 Å². The van der Waals surface area contributed by atoms with Gasteiger partial charge in [-0.05, 0) is 28.8 Å². The van der Waals surface area contributed by atoms with Gasteiger partial charge in [0.25, 0.3) is 0 Å². The van der Waals surface area contributed by atoms with Gasteiger partial charge in [-0.15, -0.1) is 0 Å². The predicted octanol–water partition coefficient (Wildman–Crippen LogP) is 5.27. The highest BCUT2D eigenvalue weighted by Gasteiger charge is 2.55. The third kappa shape index (κ3) is 5.48. The van der Waals surface area contributed by atoms with Crippen molar-refractivity contribution in [2.45, 2.75) is 17.7 Å². The van der Waals surface area contributed by atoms with Crippen molar-refractivity contribution in [3.05, 3.63) is 102 Å². The number of hydrogen-bond donors (Lipinski definition) is 1. The Morgan fingerprint density at radius 2 is 1.34 bits per heavy atom. The molecule has 7 heteroatoms. The first kappa shape index (κ1) is 23.8. The van der Waals surface area contributed by atoms with E-state index in [1.54, 1.807) is 24.3 Å². The van der Waals surface area contributed by atoms with E-state index >= 15 is 0 Å². The Morgan fingerprint density at radius 1 is 0.781 bits per heavy atom. The minimum absolute atomic E-state index is 0.0260. The van der Waals surface area contributed by atoms with Gasteiger partial charge in [0, 0.05) is 7.11 Å². The number of rotatable bonds is 10. The van der Waals surface area contributed by atoms with Crippen LogP contribution >= 0.6 is 0 Å². The fourth-order valence-corrected chi connectivity index (χ4v) is 3.67. The van der Waals surface area contributed by atoms with Crippen molar-refractivity contribution in [1.29, 1.82) is 0 Å². The van der Waals surface area contributed by atoms with Gasteiger partial charge >= 0.3 is 6.18 Å². The zero-order chi connectivity index (χ0) is 23.0. The van der Waals surface area contributed by atoms with Crippen LogP contribution in [0.1, 0.15) is 22.6 Å². The molecule has 3 aromatic rings. The highest BCUT2D eigenvalue weighted by molar-refractivity contribution is 5.44. The molecular formula is C25H25F3O4. The second-order valence-electron chi connectivity index (χ2n) is 7.21. The zero-order valence-corrected chi connectivity index (χ0v) is 17.6. The van der Waals surface area contributed by atoms with E-state index in [1.807, 2.05) is 0 Å². The Bertz CT molecular complexity index is 946. The van der Waals surface area contributed by atoms with Gasteiger partial charge in [-0.25, -0.2) is 0 Å². The van der Waals surface area contributed by atoms with Gasteiger partial charge in [-0.2, -0.15) is 13.2 Å². The first-order valence-corrected chi connectivity index (χ1v) is 10.1. The summed E-state index contributed by atoms with van der Waals surface area (Å²) in [5, 5.41) is 11.8. The van der Waals surface area contributed by atoms with E-state index in [-0.39, 0.29) is 30.1 Å². The van der Waals surface area contributed by atoms with Crippen LogP contribution in [0.15, 0.2) is 84.9 Å². The van der Waals surface area contributed by atoms with E-state index in [0.29, 0.717) is 12.4 Å². The van der Waals surface area contributed by atoms with Crippen molar-refractivity contribution in [2.75, 3.05) is 27.1 Å². The summed E-state index contributed by atoms with van der Waals surface area (Å²) in [6.07, 6.45) is -4.71. The van der Waals surface area contributed by atoms with Crippen LogP contribution in [0.2, 0.25) is 0 Å². The van der Waals surface area contributed by atoms with Gasteiger partial charge in [-0.1, -0.05) is 72.8 Å². The number of alkyl halides is 3. The molecule has 170 valence electrons. The SMILES string of the molecule is COCOCCOc1ccc([C@@](O)(c2ccccc2)[C@@H](c2ccccc2)C(F)(F)F)cc1. The van der Waals surface area contributed by atoms with Gasteiger partial charge in [0.15, 0.2) is 0 Å². The van der Waals surface area contributed by atoms with E-state index < -0.39 is 17.7 Å². The molecule has 3 aromatic carbocycles. The second kappa shape index (κ2) is 10.6. The minimum Gasteiger partial charge on any atom is -0.491 e. The molecular weight excluding hydrogens is 421 g/mol. The monoisotopic (exact) mass is 446 g/mol. The first-order valence-electron chi connectivity index (χ1n) is 10.1. The summed E-state index contributed by atoms with van der Waals surface area (Å²) in [6, 6.07) is 21.4. The number of benzene rings is 3. The van der Waals surface area contributed by atoms with Gasteiger partial charge in [-0.3, -0.25) is 0 Å². The molecule has 0 heterocycles. The third-order valence-electron chi connectivity index (χ3n) is 5.08. The van der Waals surface area contributed by atoms with Crippen molar-refractivity contribution in [2.24, 2.45) is 0 Å². The van der Waals surface area contributed by atoms with E-state index in [2.05, 4.69) is 0 Å². The van der Waals surface area contributed by atoms with Gasteiger partial charge in [0.05, 0.1) is 6.61 Å². The van der Waals surface area contributed by atoms with Crippen molar-refractivity contribution in [1.82, 2.24) is 0 Å². The molecule has 0 aliphatic heterocycles. The molecule has 0 spiro atoms. The molecule has 0 amide bonds. The standard InChI is InChI=1S/C25H25F3O4/c1-30-18-31-16-17-32-22-14-12-21(13-15-22)24(29,20-10-6-3-7-11-20)23(25(26,27)28)19-8-4-2-5-9-19/h2-15,23,29H,16-18H2,1H3/t23-,24+/m1/s1.